The quantitative estimate of drug-likeness (QED) is 0.713. The smallest absolute Gasteiger partial charge is 0.281 e. The van der Waals surface area contributed by atoms with E-state index in [0.717, 1.165) is 42.5 Å². The first-order valence-corrected chi connectivity index (χ1v) is 10.5. The fourth-order valence-electron chi connectivity index (χ4n) is 3.66. The summed E-state index contributed by atoms with van der Waals surface area (Å²) in [7, 11) is 1.58. The highest BCUT2D eigenvalue weighted by Gasteiger charge is 2.22. The number of methoxy groups -OCH3 is 1. The van der Waals surface area contributed by atoms with Gasteiger partial charge in [-0.2, -0.15) is 0 Å². The van der Waals surface area contributed by atoms with Gasteiger partial charge in [0.05, 0.1) is 12.5 Å². The number of aromatic nitrogens is 2. The molecule has 1 aliphatic carbocycles. The molecule has 2 aromatic heterocycles. The number of ether oxygens (including phenoxy) is 1. The lowest BCUT2D eigenvalue weighted by Crippen LogP contribution is -2.36. The van der Waals surface area contributed by atoms with Crippen molar-refractivity contribution in [1.29, 1.82) is 0 Å². The van der Waals surface area contributed by atoms with Crippen LogP contribution in [-0.2, 0) is 19.3 Å². The Balaban J connectivity index is 1.77. The van der Waals surface area contributed by atoms with Gasteiger partial charge < -0.3 is 4.74 Å². The highest BCUT2D eigenvalue weighted by molar-refractivity contribution is 7.18. The fraction of sp³-hybridized carbons (Fsp3) is 0.381. The third kappa shape index (κ3) is 3.30. The van der Waals surface area contributed by atoms with Gasteiger partial charge in [0.25, 0.3) is 11.5 Å². The average molecular weight is 398 g/mol. The molecule has 146 valence electrons. The number of hydrogen-bond acceptors (Lipinski definition) is 5. The van der Waals surface area contributed by atoms with E-state index in [-0.39, 0.29) is 11.5 Å². The van der Waals surface area contributed by atoms with Gasteiger partial charge in [0.1, 0.15) is 16.4 Å². The van der Waals surface area contributed by atoms with Crippen LogP contribution in [0.3, 0.4) is 0 Å². The molecule has 0 radical (unpaired) electrons. The van der Waals surface area contributed by atoms with E-state index in [2.05, 4.69) is 5.43 Å². The van der Waals surface area contributed by atoms with Crippen molar-refractivity contribution in [3.63, 3.8) is 0 Å². The number of hydrogen-bond donors (Lipinski definition) is 1. The predicted octanol–water partition coefficient (Wildman–Crippen LogP) is 3.68. The van der Waals surface area contributed by atoms with Gasteiger partial charge in [-0.15, -0.1) is 11.3 Å². The lowest BCUT2D eigenvalue weighted by Gasteiger charge is -2.14. The molecule has 0 aliphatic heterocycles. The molecule has 7 heteroatoms. The third-order valence-corrected chi connectivity index (χ3v) is 6.28. The van der Waals surface area contributed by atoms with Gasteiger partial charge in [-0.25, -0.2) is 9.66 Å². The van der Waals surface area contributed by atoms with Crippen molar-refractivity contribution in [2.45, 2.75) is 45.4 Å². The van der Waals surface area contributed by atoms with Crippen molar-refractivity contribution in [3.05, 3.63) is 56.4 Å². The minimum absolute atomic E-state index is 0.172. The zero-order chi connectivity index (χ0) is 19.7. The number of carbonyl (C=O) groups excluding carboxylic acids is 1. The molecule has 28 heavy (non-hydrogen) atoms. The summed E-state index contributed by atoms with van der Waals surface area (Å²) in [6.07, 6.45) is 5.62. The summed E-state index contributed by atoms with van der Waals surface area (Å²) < 4.78 is 6.48. The van der Waals surface area contributed by atoms with Crippen LogP contribution in [0.2, 0.25) is 0 Å². The highest BCUT2D eigenvalue weighted by atomic mass is 32.1. The van der Waals surface area contributed by atoms with E-state index in [1.54, 1.807) is 42.7 Å². The molecule has 0 spiro atoms. The van der Waals surface area contributed by atoms with E-state index in [1.165, 1.54) is 9.55 Å². The Hall–Kier alpha value is -2.67. The molecular weight excluding hydrogens is 374 g/mol. The Morgan fingerprint density at radius 2 is 2.00 bits per heavy atom. The molecular formula is C21H23N3O3S. The van der Waals surface area contributed by atoms with Gasteiger partial charge >= 0.3 is 0 Å². The van der Waals surface area contributed by atoms with E-state index in [4.69, 9.17) is 9.72 Å². The summed E-state index contributed by atoms with van der Waals surface area (Å²) in [4.78, 5) is 32.9. The Morgan fingerprint density at radius 3 is 2.71 bits per heavy atom. The van der Waals surface area contributed by atoms with E-state index < -0.39 is 0 Å². The summed E-state index contributed by atoms with van der Waals surface area (Å²) in [6.45, 7) is 2.03. The molecule has 4 rings (SSSR count). The molecule has 1 N–H and O–H groups in total. The summed E-state index contributed by atoms with van der Waals surface area (Å²) in [5.74, 6) is 0.932. The van der Waals surface area contributed by atoms with Crippen LogP contribution >= 0.6 is 11.3 Å². The van der Waals surface area contributed by atoms with Crippen LogP contribution in [0.25, 0.3) is 10.2 Å². The van der Waals surface area contributed by atoms with Crippen molar-refractivity contribution in [3.8, 4) is 5.75 Å². The Labute approximate surface area is 167 Å². The topological polar surface area (TPSA) is 73.2 Å². The average Bonchev–Trinajstić information content (AvgIpc) is 3.09. The second-order valence-corrected chi connectivity index (χ2v) is 8.06. The summed E-state index contributed by atoms with van der Waals surface area (Å²) in [6, 6.07) is 6.80. The molecule has 2 heterocycles. The molecule has 0 atom stereocenters. The van der Waals surface area contributed by atoms with E-state index in [9.17, 15) is 9.59 Å². The molecule has 0 bridgehead atoms. The van der Waals surface area contributed by atoms with Gasteiger partial charge in [0, 0.05) is 16.9 Å². The first kappa shape index (κ1) is 18.7. The number of nitrogens with one attached hydrogen (secondary N) is 1. The van der Waals surface area contributed by atoms with Crippen LogP contribution in [0, 0.1) is 0 Å². The zero-order valence-electron chi connectivity index (χ0n) is 16.1. The number of nitrogens with zero attached hydrogens (tertiary/aromatic N) is 2. The van der Waals surface area contributed by atoms with Gasteiger partial charge in [0.15, 0.2) is 0 Å². The van der Waals surface area contributed by atoms with Crippen molar-refractivity contribution in [2.75, 3.05) is 12.5 Å². The van der Waals surface area contributed by atoms with E-state index >= 15 is 0 Å². The van der Waals surface area contributed by atoms with Gasteiger partial charge in [0.2, 0.25) is 0 Å². The monoisotopic (exact) mass is 397 g/mol. The maximum atomic E-state index is 13.3. The molecule has 6 nitrogen and oxygen atoms in total. The first-order chi connectivity index (χ1) is 13.6. The molecule has 1 aromatic carbocycles. The number of rotatable bonds is 5. The van der Waals surface area contributed by atoms with Crippen LogP contribution in [-0.4, -0.2) is 22.7 Å². The number of amides is 1. The largest absolute Gasteiger partial charge is 0.497 e. The predicted molar refractivity (Wildman–Crippen MR) is 111 cm³/mol. The Kier molecular flexibility index (Phi) is 5.17. The van der Waals surface area contributed by atoms with Crippen LogP contribution in [0.5, 0.6) is 5.75 Å². The van der Waals surface area contributed by atoms with Crippen LogP contribution in [0.4, 0.5) is 0 Å². The van der Waals surface area contributed by atoms with Crippen molar-refractivity contribution in [1.82, 2.24) is 9.66 Å². The SMILES string of the molecule is CCCc1nc2sc3c(c2c(=O)n1NC(=O)c1ccc(OC)cc1)CCCC3. The lowest BCUT2D eigenvalue weighted by atomic mass is 9.97. The minimum atomic E-state index is -0.340. The maximum Gasteiger partial charge on any atom is 0.281 e. The number of aryl methyl sites for hydroxylation is 3. The third-order valence-electron chi connectivity index (χ3n) is 5.10. The molecule has 3 aromatic rings. The van der Waals surface area contributed by atoms with Gasteiger partial charge in [-0.1, -0.05) is 6.92 Å². The Bertz CT molecular complexity index is 1080. The number of thiophene rings is 1. The molecule has 1 aliphatic rings. The summed E-state index contributed by atoms with van der Waals surface area (Å²) in [5.41, 5.74) is 4.19. The van der Waals surface area contributed by atoms with Gasteiger partial charge in [-0.05, 0) is 61.9 Å². The summed E-state index contributed by atoms with van der Waals surface area (Å²) in [5, 5.41) is 0.676. The molecule has 1 amide bonds. The Morgan fingerprint density at radius 1 is 1.25 bits per heavy atom. The van der Waals surface area contributed by atoms with Crippen molar-refractivity contribution in [2.24, 2.45) is 0 Å². The molecule has 0 fully saturated rings. The van der Waals surface area contributed by atoms with Crippen LogP contribution < -0.4 is 15.7 Å². The fourth-order valence-corrected chi connectivity index (χ4v) is 4.93. The second-order valence-electron chi connectivity index (χ2n) is 6.98. The number of carbonyl (C=O) groups is 1. The van der Waals surface area contributed by atoms with Crippen molar-refractivity contribution < 1.29 is 9.53 Å². The van der Waals surface area contributed by atoms with E-state index in [0.29, 0.717) is 28.9 Å². The molecule has 0 saturated carbocycles. The second kappa shape index (κ2) is 7.75. The van der Waals surface area contributed by atoms with E-state index in [1.807, 2.05) is 6.92 Å². The number of benzene rings is 1. The normalized spacial score (nSPS) is 13.4. The number of fused-ring (bicyclic) bond motifs is 3. The van der Waals surface area contributed by atoms with Crippen LogP contribution in [0.1, 0.15) is 52.8 Å². The first-order valence-electron chi connectivity index (χ1n) is 9.64. The lowest BCUT2D eigenvalue weighted by molar-refractivity contribution is 0.101. The zero-order valence-corrected chi connectivity index (χ0v) is 16.9. The minimum Gasteiger partial charge on any atom is -0.497 e. The van der Waals surface area contributed by atoms with Crippen molar-refractivity contribution >= 4 is 27.5 Å². The molecule has 0 unspecified atom stereocenters. The van der Waals surface area contributed by atoms with Gasteiger partial charge in [-0.3, -0.25) is 15.0 Å². The molecule has 0 saturated heterocycles. The summed E-state index contributed by atoms with van der Waals surface area (Å²) >= 11 is 1.63. The van der Waals surface area contributed by atoms with Crippen LogP contribution in [0.15, 0.2) is 29.1 Å². The standard InChI is InChI=1S/C21H23N3O3S/c1-3-6-17-22-20-18(15-7-4-5-8-16(15)28-20)21(26)24(17)23-19(25)13-9-11-14(27-2)12-10-13/h9-12H,3-8H2,1-2H3,(H,23,25). The highest BCUT2D eigenvalue weighted by Crippen LogP contribution is 2.33. The maximum absolute atomic E-state index is 13.3.